The molecule has 0 amide bonds. The average Bonchev–Trinajstić information content (AvgIpc) is 2.65. The number of ether oxygens (including phenoxy) is 1. The van der Waals surface area contributed by atoms with Crippen molar-refractivity contribution >= 4 is 44.8 Å². The third kappa shape index (κ3) is 1.70. The smallest absolute Gasteiger partial charge is 0.380 e. The van der Waals surface area contributed by atoms with Gasteiger partial charge in [0.25, 0.3) is 5.78 Å². The second kappa shape index (κ2) is 4.23. The zero-order chi connectivity index (χ0) is 11.7. The van der Waals surface area contributed by atoms with Crippen LogP contribution in [0.3, 0.4) is 0 Å². The Balaban J connectivity index is 2.58. The molecule has 2 aromatic rings. The molecule has 3 nitrogen and oxygen atoms in total. The summed E-state index contributed by atoms with van der Waals surface area (Å²) in [5.74, 6) is -1.60. The molecule has 16 heavy (non-hydrogen) atoms. The second-order valence-electron chi connectivity index (χ2n) is 3.06. The minimum Gasteiger partial charge on any atom is -0.463 e. The molecule has 82 valence electrons. The van der Waals surface area contributed by atoms with E-state index in [-0.39, 0.29) is 4.88 Å². The molecule has 0 saturated heterocycles. The first-order valence-corrected chi connectivity index (χ1v) is 5.64. The fourth-order valence-electron chi connectivity index (χ4n) is 1.35. The van der Waals surface area contributed by atoms with Crippen LogP contribution in [-0.2, 0) is 9.53 Å². The van der Waals surface area contributed by atoms with Crippen molar-refractivity contribution in [2.24, 2.45) is 0 Å². The van der Waals surface area contributed by atoms with Gasteiger partial charge in [-0.1, -0.05) is 29.8 Å². The van der Waals surface area contributed by atoms with Gasteiger partial charge in [0.05, 0.1) is 12.1 Å². The van der Waals surface area contributed by atoms with E-state index in [0.717, 1.165) is 10.1 Å². The summed E-state index contributed by atoms with van der Waals surface area (Å²) >= 11 is 7.23. The second-order valence-corrected chi connectivity index (χ2v) is 4.49. The lowest BCUT2D eigenvalue weighted by atomic mass is 10.2. The fourth-order valence-corrected chi connectivity index (χ4v) is 2.79. The van der Waals surface area contributed by atoms with Crippen molar-refractivity contribution in [3.8, 4) is 0 Å². The topological polar surface area (TPSA) is 43.4 Å². The Morgan fingerprint density at radius 1 is 1.31 bits per heavy atom. The van der Waals surface area contributed by atoms with Crippen LogP contribution in [0, 0.1) is 0 Å². The van der Waals surface area contributed by atoms with Crippen LogP contribution in [0.2, 0.25) is 5.02 Å². The maximum absolute atomic E-state index is 11.6. The van der Waals surface area contributed by atoms with Crippen LogP contribution in [0.15, 0.2) is 24.3 Å². The van der Waals surface area contributed by atoms with Crippen molar-refractivity contribution in [2.45, 2.75) is 0 Å². The third-order valence-electron chi connectivity index (χ3n) is 2.11. The minimum atomic E-state index is -0.895. The highest BCUT2D eigenvalue weighted by atomic mass is 35.5. The minimum absolute atomic E-state index is 0.231. The molecule has 1 aromatic heterocycles. The van der Waals surface area contributed by atoms with Gasteiger partial charge in [-0.25, -0.2) is 4.79 Å². The highest BCUT2D eigenvalue weighted by Gasteiger charge is 2.23. The summed E-state index contributed by atoms with van der Waals surface area (Å²) in [5.41, 5.74) is 0. The number of esters is 1. The number of fused-ring (bicyclic) bond motifs is 1. The van der Waals surface area contributed by atoms with Crippen LogP contribution < -0.4 is 0 Å². The quantitative estimate of drug-likeness (QED) is 0.470. The van der Waals surface area contributed by atoms with Gasteiger partial charge in [0.2, 0.25) is 0 Å². The van der Waals surface area contributed by atoms with Gasteiger partial charge in [0.1, 0.15) is 4.88 Å². The van der Waals surface area contributed by atoms with Crippen molar-refractivity contribution < 1.29 is 14.3 Å². The number of ketones is 1. The summed E-state index contributed by atoms with van der Waals surface area (Å²) in [6, 6.07) is 7.33. The van der Waals surface area contributed by atoms with E-state index in [2.05, 4.69) is 4.74 Å². The largest absolute Gasteiger partial charge is 0.463 e. The lowest BCUT2D eigenvalue weighted by Gasteiger charge is -1.95. The summed E-state index contributed by atoms with van der Waals surface area (Å²) in [5, 5.41) is 1.09. The molecule has 0 atom stereocenters. The van der Waals surface area contributed by atoms with Gasteiger partial charge >= 0.3 is 5.97 Å². The standard InChI is InChI=1S/C11H7ClO3S/c1-15-11(14)9(13)10-8(12)6-4-2-3-5-7(6)16-10/h2-5H,1H3. The molecule has 0 fully saturated rings. The number of carbonyl (C=O) groups is 2. The van der Waals surface area contributed by atoms with E-state index < -0.39 is 11.8 Å². The molecule has 1 aromatic carbocycles. The molecule has 0 aliphatic carbocycles. The molecule has 2 rings (SSSR count). The van der Waals surface area contributed by atoms with Crippen molar-refractivity contribution in [1.29, 1.82) is 0 Å². The van der Waals surface area contributed by atoms with E-state index in [9.17, 15) is 9.59 Å². The van der Waals surface area contributed by atoms with Gasteiger partial charge in [0.15, 0.2) is 0 Å². The highest BCUT2D eigenvalue weighted by molar-refractivity contribution is 7.22. The van der Waals surface area contributed by atoms with E-state index >= 15 is 0 Å². The van der Waals surface area contributed by atoms with Crippen molar-refractivity contribution in [2.75, 3.05) is 7.11 Å². The first-order chi connectivity index (χ1) is 7.65. The number of hydrogen-bond acceptors (Lipinski definition) is 4. The number of benzene rings is 1. The predicted octanol–water partition coefficient (Wildman–Crippen LogP) is 2.91. The number of rotatable bonds is 2. The monoisotopic (exact) mass is 254 g/mol. The zero-order valence-corrected chi connectivity index (χ0v) is 9.89. The van der Waals surface area contributed by atoms with Gasteiger partial charge in [-0.15, -0.1) is 11.3 Å². The van der Waals surface area contributed by atoms with Gasteiger partial charge < -0.3 is 4.74 Å². The van der Waals surface area contributed by atoms with Crippen molar-refractivity contribution in [3.05, 3.63) is 34.2 Å². The first-order valence-electron chi connectivity index (χ1n) is 4.45. The number of Topliss-reactive ketones (excluding diaryl/α,β-unsaturated/α-hetero) is 1. The molecule has 0 unspecified atom stereocenters. The molecule has 0 N–H and O–H groups in total. The Morgan fingerprint density at radius 3 is 2.62 bits per heavy atom. The molecule has 0 aliphatic heterocycles. The summed E-state index contributed by atoms with van der Waals surface area (Å²) in [7, 11) is 1.17. The number of hydrogen-bond donors (Lipinski definition) is 0. The average molecular weight is 255 g/mol. The van der Waals surface area contributed by atoms with Gasteiger partial charge in [0, 0.05) is 10.1 Å². The highest BCUT2D eigenvalue weighted by Crippen LogP contribution is 2.35. The van der Waals surface area contributed by atoms with Gasteiger partial charge in [-0.05, 0) is 6.07 Å². The SMILES string of the molecule is COC(=O)C(=O)c1sc2ccccc2c1Cl. The lowest BCUT2D eigenvalue weighted by molar-refractivity contribution is -0.135. The fraction of sp³-hybridized carbons (Fsp3) is 0.0909. The van der Waals surface area contributed by atoms with E-state index in [0.29, 0.717) is 5.02 Å². The summed E-state index contributed by atoms with van der Waals surface area (Å²) < 4.78 is 5.25. The third-order valence-corrected chi connectivity index (χ3v) is 3.79. The van der Waals surface area contributed by atoms with Crippen molar-refractivity contribution in [3.63, 3.8) is 0 Å². The van der Waals surface area contributed by atoms with Crippen molar-refractivity contribution in [1.82, 2.24) is 0 Å². The van der Waals surface area contributed by atoms with Crippen LogP contribution in [0.5, 0.6) is 0 Å². The van der Waals surface area contributed by atoms with Crippen LogP contribution in [-0.4, -0.2) is 18.9 Å². The molecular weight excluding hydrogens is 248 g/mol. The van der Waals surface area contributed by atoms with E-state index in [1.165, 1.54) is 18.4 Å². The normalized spacial score (nSPS) is 10.4. The molecule has 0 radical (unpaired) electrons. The number of thiophene rings is 1. The number of halogens is 1. The van der Waals surface area contributed by atoms with E-state index in [1.807, 2.05) is 24.3 Å². The summed E-state index contributed by atoms with van der Waals surface area (Å²) in [6.45, 7) is 0. The van der Waals surface area contributed by atoms with E-state index in [4.69, 9.17) is 11.6 Å². The maximum Gasteiger partial charge on any atom is 0.380 e. The molecule has 5 heteroatoms. The Kier molecular flexibility index (Phi) is 2.94. The Morgan fingerprint density at radius 2 is 2.00 bits per heavy atom. The molecular formula is C11H7ClO3S. The lowest BCUT2D eigenvalue weighted by Crippen LogP contribution is -2.14. The first kappa shape index (κ1) is 11.1. The maximum atomic E-state index is 11.6. The Labute approximate surface area is 101 Å². The van der Waals surface area contributed by atoms with E-state index in [1.54, 1.807) is 0 Å². The molecule has 0 saturated carbocycles. The Bertz CT molecular complexity index is 574. The molecule has 0 spiro atoms. The molecule has 1 heterocycles. The van der Waals surface area contributed by atoms with Crippen LogP contribution in [0.25, 0.3) is 10.1 Å². The van der Waals surface area contributed by atoms with Crippen LogP contribution >= 0.6 is 22.9 Å². The zero-order valence-electron chi connectivity index (χ0n) is 8.32. The van der Waals surface area contributed by atoms with Crippen LogP contribution in [0.1, 0.15) is 9.67 Å². The molecule has 0 aliphatic rings. The Hall–Kier alpha value is -1.39. The molecule has 0 bridgehead atoms. The number of methoxy groups -OCH3 is 1. The predicted molar refractivity (Wildman–Crippen MR) is 63.2 cm³/mol. The van der Waals surface area contributed by atoms with Gasteiger partial charge in [-0.2, -0.15) is 0 Å². The number of carbonyl (C=O) groups excluding carboxylic acids is 2. The van der Waals surface area contributed by atoms with Gasteiger partial charge in [-0.3, -0.25) is 4.79 Å². The van der Waals surface area contributed by atoms with Crippen LogP contribution in [0.4, 0.5) is 0 Å². The summed E-state index contributed by atoms with van der Waals surface area (Å²) in [6.07, 6.45) is 0. The summed E-state index contributed by atoms with van der Waals surface area (Å²) in [4.78, 5) is 23.0.